The van der Waals surface area contributed by atoms with E-state index in [9.17, 15) is 0 Å². The number of tetrazole rings is 1. The minimum absolute atomic E-state index is 0.575. The molecule has 0 bridgehead atoms. The van der Waals surface area contributed by atoms with Gasteiger partial charge in [0.2, 0.25) is 10.8 Å². The van der Waals surface area contributed by atoms with E-state index in [1.165, 1.54) is 11.3 Å². The number of aromatic nitrogens is 8. The van der Waals surface area contributed by atoms with Crippen LogP contribution in [-0.2, 0) is 0 Å². The van der Waals surface area contributed by atoms with Crippen molar-refractivity contribution in [2.75, 3.05) is 0 Å². The van der Waals surface area contributed by atoms with Gasteiger partial charge in [-0.1, -0.05) is 11.3 Å². The first-order valence-corrected chi connectivity index (χ1v) is 7.14. The van der Waals surface area contributed by atoms with Crippen LogP contribution in [0.5, 0.6) is 0 Å². The average molecular weight is 310 g/mol. The standard InChI is InChI=1S/C12H6N8OS/c1-2-8(21-5-1)10-14-15-12-20(10)16-11(22-12)7-3-4-9-13-17-18-19(9)6-7/h1-6H. The smallest absolute Gasteiger partial charge is 0.235 e. The fraction of sp³-hybridized carbons (Fsp3) is 0. The number of hydrogen-bond donors (Lipinski definition) is 0. The van der Waals surface area contributed by atoms with E-state index >= 15 is 0 Å². The van der Waals surface area contributed by atoms with Crippen molar-refractivity contribution < 1.29 is 4.42 Å². The molecule has 5 aromatic heterocycles. The average Bonchev–Trinajstić information content (AvgIpc) is 3.28. The van der Waals surface area contributed by atoms with Crippen molar-refractivity contribution in [2.24, 2.45) is 0 Å². The topological polar surface area (TPSA) is 99.3 Å². The summed E-state index contributed by atoms with van der Waals surface area (Å²) in [5, 5.41) is 25.0. The molecule has 0 fully saturated rings. The molecule has 0 radical (unpaired) electrons. The van der Waals surface area contributed by atoms with E-state index in [1.54, 1.807) is 21.4 Å². The highest BCUT2D eigenvalue weighted by atomic mass is 32.1. The Morgan fingerprint density at radius 2 is 2.09 bits per heavy atom. The van der Waals surface area contributed by atoms with E-state index < -0.39 is 0 Å². The van der Waals surface area contributed by atoms with E-state index in [2.05, 4.69) is 30.8 Å². The van der Waals surface area contributed by atoms with Gasteiger partial charge in [0.1, 0.15) is 5.01 Å². The van der Waals surface area contributed by atoms with E-state index in [-0.39, 0.29) is 0 Å². The normalized spacial score (nSPS) is 11.6. The summed E-state index contributed by atoms with van der Waals surface area (Å²) in [6.07, 6.45) is 3.42. The van der Waals surface area contributed by atoms with Gasteiger partial charge in [-0.3, -0.25) is 0 Å². The summed E-state index contributed by atoms with van der Waals surface area (Å²) in [6, 6.07) is 7.38. The summed E-state index contributed by atoms with van der Waals surface area (Å²) in [4.78, 5) is 0.693. The fourth-order valence-corrected chi connectivity index (χ4v) is 2.99. The van der Waals surface area contributed by atoms with Crippen molar-refractivity contribution in [3.05, 3.63) is 36.7 Å². The van der Waals surface area contributed by atoms with Crippen LogP contribution in [0.1, 0.15) is 0 Å². The molecule has 0 N–H and O–H groups in total. The van der Waals surface area contributed by atoms with Crippen LogP contribution in [-0.4, -0.2) is 39.9 Å². The minimum Gasteiger partial charge on any atom is -0.461 e. The summed E-state index contributed by atoms with van der Waals surface area (Å²) in [5.74, 6) is 1.20. The summed E-state index contributed by atoms with van der Waals surface area (Å²) in [7, 11) is 0. The maximum Gasteiger partial charge on any atom is 0.235 e. The van der Waals surface area contributed by atoms with E-state index in [0.29, 0.717) is 22.2 Å². The first-order chi connectivity index (χ1) is 10.9. The lowest BCUT2D eigenvalue weighted by Crippen LogP contribution is -1.91. The van der Waals surface area contributed by atoms with Crippen molar-refractivity contribution >= 4 is 21.9 Å². The van der Waals surface area contributed by atoms with E-state index in [4.69, 9.17) is 4.42 Å². The van der Waals surface area contributed by atoms with Gasteiger partial charge in [-0.2, -0.15) is 14.1 Å². The molecule has 0 aromatic carbocycles. The summed E-state index contributed by atoms with van der Waals surface area (Å²) >= 11 is 1.43. The molecule has 22 heavy (non-hydrogen) atoms. The Morgan fingerprint density at radius 3 is 3.00 bits per heavy atom. The molecular weight excluding hydrogens is 304 g/mol. The van der Waals surface area contributed by atoms with Crippen LogP contribution in [0.4, 0.5) is 0 Å². The van der Waals surface area contributed by atoms with Crippen molar-refractivity contribution in [3.8, 4) is 22.2 Å². The predicted octanol–water partition coefficient (Wildman–Crippen LogP) is 1.55. The molecular formula is C12H6N8OS. The van der Waals surface area contributed by atoms with Crippen LogP contribution < -0.4 is 0 Å². The monoisotopic (exact) mass is 310 g/mol. The molecule has 5 aromatic rings. The number of fused-ring (bicyclic) bond motifs is 2. The Labute approximate surface area is 125 Å². The Hall–Kier alpha value is -3.14. The van der Waals surface area contributed by atoms with Gasteiger partial charge in [0.05, 0.1) is 6.26 Å². The molecule has 0 unspecified atom stereocenters. The highest BCUT2D eigenvalue weighted by Gasteiger charge is 2.16. The van der Waals surface area contributed by atoms with Crippen molar-refractivity contribution in [1.82, 2.24) is 39.9 Å². The zero-order valence-electron chi connectivity index (χ0n) is 10.9. The number of rotatable bonds is 2. The molecule has 5 rings (SSSR count). The van der Waals surface area contributed by atoms with Crippen LogP contribution in [0.2, 0.25) is 0 Å². The molecule has 9 nitrogen and oxygen atoms in total. The lowest BCUT2D eigenvalue weighted by atomic mass is 10.3. The maximum atomic E-state index is 5.36. The van der Waals surface area contributed by atoms with Gasteiger partial charge in [0.15, 0.2) is 11.4 Å². The number of pyridine rings is 1. The van der Waals surface area contributed by atoms with Crippen LogP contribution in [0.15, 0.2) is 41.1 Å². The lowest BCUT2D eigenvalue weighted by Gasteiger charge is -1.95. The molecule has 0 saturated carbocycles. The molecule has 0 aliphatic rings. The Balaban J connectivity index is 1.68. The molecule has 0 spiro atoms. The van der Waals surface area contributed by atoms with Gasteiger partial charge >= 0.3 is 0 Å². The van der Waals surface area contributed by atoms with Crippen LogP contribution >= 0.6 is 11.3 Å². The van der Waals surface area contributed by atoms with Crippen LogP contribution in [0.25, 0.3) is 32.8 Å². The quantitative estimate of drug-likeness (QED) is 0.487. The summed E-state index contributed by atoms with van der Waals surface area (Å²) in [5.41, 5.74) is 1.59. The molecule has 5 heterocycles. The third-order valence-electron chi connectivity index (χ3n) is 3.17. The highest BCUT2D eigenvalue weighted by Crippen LogP contribution is 2.28. The third kappa shape index (κ3) is 1.58. The first kappa shape index (κ1) is 11.5. The largest absolute Gasteiger partial charge is 0.461 e. The van der Waals surface area contributed by atoms with Gasteiger partial charge in [0.25, 0.3) is 0 Å². The molecule has 0 atom stereocenters. The highest BCUT2D eigenvalue weighted by molar-refractivity contribution is 7.19. The first-order valence-electron chi connectivity index (χ1n) is 6.33. The van der Waals surface area contributed by atoms with Gasteiger partial charge in [-0.05, 0) is 34.7 Å². The van der Waals surface area contributed by atoms with E-state index in [1.807, 2.05) is 24.4 Å². The number of nitrogens with zero attached hydrogens (tertiary/aromatic N) is 8. The van der Waals surface area contributed by atoms with Crippen molar-refractivity contribution in [3.63, 3.8) is 0 Å². The van der Waals surface area contributed by atoms with Crippen molar-refractivity contribution in [1.29, 1.82) is 0 Å². The van der Waals surface area contributed by atoms with Crippen molar-refractivity contribution in [2.45, 2.75) is 0 Å². The molecule has 0 amide bonds. The maximum absolute atomic E-state index is 5.36. The Kier molecular flexibility index (Phi) is 2.19. The summed E-state index contributed by atoms with van der Waals surface area (Å²) < 4.78 is 8.63. The molecule has 0 aliphatic heterocycles. The third-order valence-corrected chi connectivity index (χ3v) is 4.12. The molecule has 0 aliphatic carbocycles. The van der Waals surface area contributed by atoms with Crippen LogP contribution in [0, 0.1) is 0 Å². The Bertz CT molecular complexity index is 1090. The second-order valence-electron chi connectivity index (χ2n) is 4.50. The predicted molar refractivity (Wildman–Crippen MR) is 76.1 cm³/mol. The molecule has 106 valence electrons. The summed E-state index contributed by atoms with van der Waals surface area (Å²) in [6.45, 7) is 0. The lowest BCUT2D eigenvalue weighted by molar-refractivity contribution is 0.575. The van der Waals surface area contributed by atoms with E-state index in [0.717, 1.165) is 10.6 Å². The Morgan fingerprint density at radius 1 is 1.09 bits per heavy atom. The van der Waals surface area contributed by atoms with Gasteiger partial charge in [-0.15, -0.1) is 15.3 Å². The number of furan rings is 1. The minimum atomic E-state index is 0.575. The molecule has 10 heteroatoms. The zero-order chi connectivity index (χ0) is 14.5. The second-order valence-corrected chi connectivity index (χ2v) is 5.46. The fourth-order valence-electron chi connectivity index (χ4n) is 2.16. The van der Waals surface area contributed by atoms with Crippen LogP contribution in [0.3, 0.4) is 0 Å². The van der Waals surface area contributed by atoms with Gasteiger partial charge < -0.3 is 4.42 Å². The second kappa shape index (κ2) is 4.18. The molecule has 0 saturated heterocycles. The zero-order valence-corrected chi connectivity index (χ0v) is 11.7. The SMILES string of the molecule is c1coc(-c2nnc3sc(-c4ccc5nnnn5c4)nn23)c1. The van der Waals surface area contributed by atoms with Gasteiger partial charge in [0, 0.05) is 11.8 Å². The van der Waals surface area contributed by atoms with Gasteiger partial charge in [-0.25, -0.2) is 0 Å². The number of hydrogen-bond acceptors (Lipinski definition) is 8.